The molecular weight excluding hydrogens is 268 g/mol. The zero-order chi connectivity index (χ0) is 13.8. The van der Waals surface area contributed by atoms with Crippen molar-refractivity contribution in [2.45, 2.75) is 32.1 Å². The molecule has 1 aliphatic carbocycles. The van der Waals surface area contributed by atoms with Crippen LogP contribution in [0.25, 0.3) is 17.1 Å². The van der Waals surface area contributed by atoms with Crippen molar-refractivity contribution in [2.24, 2.45) is 5.92 Å². The maximum atomic E-state index is 6.15. The summed E-state index contributed by atoms with van der Waals surface area (Å²) in [5.41, 5.74) is 4.12. The van der Waals surface area contributed by atoms with Crippen LogP contribution < -0.4 is 0 Å². The molecule has 0 radical (unpaired) electrons. The fourth-order valence-electron chi connectivity index (χ4n) is 2.97. The number of nitrogens with zero attached hydrogens (tertiary/aromatic N) is 2. The lowest BCUT2D eigenvalue weighted by Gasteiger charge is -2.23. The van der Waals surface area contributed by atoms with Gasteiger partial charge in [0, 0.05) is 5.88 Å². The first kappa shape index (κ1) is 13.6. The van der Waals surface area contributed by atoms with Crippen LogP contribution in [0.3, 0.4) is 0 Å². The van der Waals surface area contributed by atoms with E-state index in [1.54, 1.807) is 0 Å². The van der Waals surface area contributed by atoms with Gasteiger partial charge in [-0.2, -0.15) is 0 Å². The molecule has 0 N–H and O–H groups in total. The van der Waals surface area contributed by atoms with Crippen LogP contribution in [0.4, 0.5) is 0 Å². The van der Waals surface area contributed by atoms with E-state index in [1.165, 1.54) is 37.7 Å². The monoisotopic (exact) mass is 286 g/mol. The molecule has 1 fully saturated rings. The molecule has 2 aromatic rings. The van der Waals surface area contributed by atoms with Crippen molar-refractivity contribution in [2.75, 3.05) is 5.88 Å². The lowest BCUT2D eigenvalue weighted by molar-refractivity contribution is 0.405. The Kier molecular flexibility index (Phi) is 4.31. The highest BCUT2D eigenvalue weighted by atomic mass is 35.5. The summed E-state index contributed by atoms with van der Waals surface area (Å²) in [6.45, 7) is 0. The Bertz CT molecular complexity index is 615. The predicted octanol–water partition coefficient (Wildman–Crippen LogP) is 4.83. The summed E-state index contributed by atoms with van der Waals surface area (Å²) in [6, 6.07) is 7.97. The van der Waals surface area contributed by atoms with Crippen molar-refractivity contribution >= 4 is 28.7 Å². The molecule has 0 unspecified atom stereocenters. The van der Waals surface area contributed by atoms with E-state index in [0.29, 0.717) is 11.8 Å². The van der Waals surface area contributed by atoms with Crippen LogP contribution in [0.5, 0.6) is 0 Å². The summed E-state index contributed by atoms with van der Waals surface area (Å²) in [7, 11) is 0. The van der Waals surface area contributed by atoms with E-state index in [-0.39, 0.29) is 0 Å². The summed E-state index contributed by atoms with van der Waals surface area (Å²) >= 11 is 6.15. The summed E-state index contributed by atoms with van der Waals surface area (Å²) < 4.78 is 0. The second-order valence-corrected chi connectivity index (χ2v) is 5.74. The minimum absolute atomic E-state index is 0.596. The van der Waals surface area contributed by atoms with Crippen LogP contribution in [-0.2, 0) is 0 Å². The fraction of sp³-hybridized carbons (Fsp3) is 0.412. The largest absolute Gasteiger partial charge is 0.252 e. The normalized spacial score (nSPS) is 17.6. The van der Waals surface area contributed by atoms with Crippen molar-refractivity contribution in [3.63, 3.8) is 0 Å². The van der Waals surface area contributed by atoms with Gasteiger partial charge in [-0.3, -0.25) is 4.98 Å². The zero-order valence-corrected chi connectivity index (χ0v) is 12.3. The first-order chi connectivity index (χ1) is 9.86. The van der Waals surface area contributed by atoms with E-state index < -0.39 is 0 Å². The third-order valence-electron chi connectivity index (χ3n) is 4.08. The number of aromatic nitrogens is 2. The maximum Gasteiger partial charge on any atom is 0.0894 e. The zero-order valence-electron chi connectivity index (χ0n) is 11.6. The average Bonchev–Trinajstić information content (AvgIpc) is 2.53. The molecule has 1 saturated carbocycles. The van der Waals surface area contributed by atoms with Crippen molar-refractivity contribution < 1.29 is 0 Å². The number of rotatable bonds is 3. The molecule has 20 heavy (non-hydrogen) atoms. The molecule has 1 aromatic carbocycles. The Hall–Kier alpha value is -1.41. The number of hydrogen-bond donors (Lipinski definition) is 0. The molecule has 1 aliphatic rings. The standard InChI is InChI=1S/C17H19ClN2/c18-11-14(13-6-2-1-3-7-13)10-15-12-19-16-8-4-5-9-17(16)20-15/h4-5,8-10,12-13H,1-3,6-7,11H2/b14-10-. The third-order valence-corrected chi connectivity index (χ3v) is 4.39. The number of allylic oxidation sites excluding steroid dienone is 1. The van der Waals surface area contributed by atoms with Gasteiger partial charge in [-0.05, 0) is 37.0 Å². The second-order valence-electron chi connectivity index (χ2n) is 5.47. The number of hydrogen-bond acceptors (Lipinski definition) is 2. The van der Waals surface area contributed by atoms with Crippen molar-refractivity contribution in [1.29, 1.82) is 0 Å². The highest BCUT2D eigenvalue weighted by Crippen LogP contribution is 2.31. The highest BCUT2D eigenvalue weighted by Gasteiger charge is 2.17. The summed E-state index contributed by atoms with van der Waals surface area (Å²) in [4.78, 5) is 9.12. The van der Waals surface area contributed by atoms with E-state index in [1.807, 2.05) is 30.5 Å². The Morgan fingerprint density at radius 2 is 1.90 bits per heavy atom. The molecule has 3 rings (SSSR count). The van der Waals surface area contributed by atoms with Crippen LogP contribution in [0, 0.1) is 5.92 Å². The van der Waals surface area contributed by atoms with Gasteiger partial charge in [-0.15, -0.1) is 11.6 Å². The third kappa shape index (κ3) is 3.01. The minimum Gasteiger partial charge on any atom is -0.252 e. The number of fused-ring (bicyclic) bond motifs is 1. The number of benzene rings is 1. The quantitative estimate of drug-likeness (QED) is 0.755. The Morgan fingerprint density at radius 1 is 1.15 bits per heavy atom. The summed E-state index contributed by atoms with van der Waals surface area (Å²) in [5, 5.41) is 0. The van der Waals surface area contributed by atoms with Gasteiger partial charge >= 0.3 is 0 Å². The summed E-state index contributed by atoms with van der Waals surface area (Å²) in [6.07, 6.45) is 10.5. The van der Waals surface area contributed by atoms with E-state index >= 15 is 0 Å². The first-order valence-electron chi connectivity index (χ1n) is 7.35. The van der Waals surface area contributed by atoms with Gasteiger partial charge in [-0.25, -0.2) is 4.98 Å². The van der Waals surface area contributed by atoms with Crippen LogP contribution >= 0.6 is 11.6 Å². The van der Waals surface area contributed by atoms with Crippen molar-refractivity contribution in [1.82, 2.24) is 9.97 Å². The van der Waals surface area contributed by atoms with Crippen LogP contribution in [0.2, 0.25) is 0 Å². The van der Waals surface area contributed by atoms with E-state index in [9.17, 15) is 0 Å². The van der Waals surface area contributed by atoms with Gasteiger partial charge in [0.05, 0.1) is 22.9 Å². The summed E-state index contributed by atoms with van der Waals surface area (Å²) in [5.74, 6) is 1.23. The molecule has 104 valence electrons. The van der Waals surface area contributed by atoms with E-state index in [4.69, 9.17) is 11.6 Å². The topological polar surface area (TPSA) is 25.8 Å². The van der Waals surface area contributed by atoms with Crippen LogP contribution in [-0.4, -0.2) is 15.8 Å². The molecule has 0 saturated heterocycles. The average molecular weight is 287 g/mol. The Labute approximate surface area is 124 Å². The molecule has 2 nitrogen and oxygen atoms in total. The van der Waals surface area contributed by atoms with Gasteiger partial charge in [-0.1, -0.05) is 37.0 Å². The van der Waals surface area contributed by atoms with Crippen molar-refractivity contribution in [3.8, 4) is 0 Å². The van der Waals surface area contributed by atoms with Gasteiger partial charge in [0.2, 0.25) is 0 Å². The lowest BCUT2D eigenvalue weighted by atomic mass is 9.84. The molecule has 1 heterocycles. The van der Waals surface area contributed by atoms with Gasteiger partial charge in [0.25, 0.3) is 0 Å². The van der Waals surface area contributed by atoms with Gasteiger partial charge in [0.1, 0.15) is 0 Å². The van der Waals surface area contributed by atoms with E-state index in [2.05, 4.69) is 16.0 Å². The molecular formula is C17H19ClN2. The SMILES string of the molecule is ClC/C(=C/c1cnc2ccccc2n1)C1CCCCC1. The van der Waals surface area contributed by atoms with Crippen LogP contribution in [0.15, 0.2) is 36.0 Å². The predicted molar refractivity (Wildman–Crippen MR) is 84.8 cm³/mol. The molecule has 0 amide bonds. The van der Waals surface area contributed by atoms with E-state index in [0.717, 1.165) is 16.7 Å². The molecule has 0 aliphatic heterocycles. The fourth-order valence-corrected chi connectivity index (χ4v) is 3.27. The minimum atomic E-state index is 0.596. The smallest absolute Gasteiger partial charge is 0.0894 e. The highest BCUT2D eigenvalue weighted by molar-refractivity contribution is 6.19. The molecule has 0 atom stereocenters. The van der Waals surface area contributed by atoms with Crippen LogP contribution in [0.1, 0.15) is 37.8 Å². The first-order valence-corrected chi connectivity index (χ1v) is 7.88. The second kappa shape index (κ2) is 6.36. The maximum absolute atomic E-state index is 6.15. The number of alkyl halides is 1. The number of para-hydroxylation sites is 2. The molecule has 3 heteroatoms. The Morgan fingerprint density at radius 3 is 2.65 bits per heavy atom. The molecule has 0 bridgehead atoms. The lowest BCUT2D eigenvalue weighted by Crippen LogP contribution is -2.10. The van der Waals surface area contributed by atoms with Gasteiger partial charge in [0.15, 0.2) is 0 Å². The number of halogens is 1. The Balaban J connectivity index is 1.90. The molecule has 0 spiro atoms. The van der Waals surface area contributed by atoms with Crippen molar-refractivity contribution in [3.05, 3.63) is 41.7 Å². The van der Waals surface area contributed by atoms with Gasteiger partial charge < -0.3 is 0 Å². The molecule has 1 aromatic heterocycles.